The molecule has 3 N–H and O–H groups in total. The van der Waals surface area contributed by atoms with Crippen LogP contribution in [0.25, 0.3) is 11.1 Å². The summed E-state index contributed by atoms with van der Waals surface area (Å²) in [6.45, 7) is 0.228. The van der Waals surface area contributed by atoms with E-state index in [9.17, 15) is 19.5 Å². The van der Waals surface area contributed by atoms with Gasteiger partial charge in [0.1, 0.15) is 6.61 Å². The molecule has 0 heterocycles. The lowest BCUT2D eigenvalue weighted by atomic mass is 9.98. The molecule has 3 aliphatic carbocycles. The number of rotatable bonds is 8. The summed E-state index contributed by atoms with van der Waals surface area (Å²) in [5.41, 5.74) is 4.65. The number of nitrogens with one attached hydrogen (secondary N) is 2. The van der Waals surface area contributed by atoms with Crippen molar-refractivity contribution in [3.8, 4) is 11.1 Å². The highest BCUT2D eigenvalue weighted by molar-refractivity contribution is 5.80. The molecule has 0 aliphatic heterocycles. The molecular formula is C27H30N2O5. The highest BCUT2D eigenvalue weighted by atomic mass is 16.5. The summed E-state index contributed by atoms with van der Waals surface area (Å²) in [5, 5.41) is 15.1. The number of carbonyl (C=O) groups is 3. The molecule has 0 spiro atoms. The van der Waals surface area contributed by atoms with Crippen LogP contribution >= 0.6 is 0 Å². The van der Waals surface area contributed by atoms with Gasteiger partial charge in [-0.1, -0.05) is 55.0 Å². The molecule has 0 saturated heterocycles. The van der Waals surface area contributed by atoms with Crippen LogP contribution in [0.15, 0.2) is 48.5 Å². The van der Waals surface area contributed by atoms with E-state index in [1.807, 2.05) is 24.3 Å². The van der Waals surface area contributed by atoms with Crippen LogP contribution in [-0.4, -0.2) is 41.8 Å². The van der Waals surface area contributed by atoms with Gasteiger partial charge in [-0.05, 0) is 53.9 Å². The summed E-state index contributed by atoms with van der Waals surface area (Å²) in [4.78, 5) is 36.7. The van der Waals surface area contributed by atoms with Gasteiger partial charge >= 0.3 is 12.1 Å². The number of alkyl carbamates (subject to hydrolysis) is 1. The standard InChI is InChI=1S/C27H30N2O5/c30-25(28-23-11-5-10-21(23)26(31)32)14-24(16-12-13-16)29-27(33)34-15-22-19-8-3-1-6-17(19)18-7-2-4-9-20(18)22/h1-4,6-9,16,21-24H,5,10-15H2,(H,28,30)(H,29,33)(H,31,32). The average Bonchev–Trinajstić information content (AvgIpc) is 3.49. The van der Waals surface area contributed by atoms with Gasteiger partial charge in [-0.25, -0.2) is 4.79 Å². The van der Waals surface area contributed by atoms with Crippen molar-refractivity contribution in [3.63, 3.8) is 0 Å². The molecule has 0 bridgehead atoms. The van der Waals surface area contributed by atoms with Crippen LogP contribution in [0.2, 0.25) is 0 Å². The zero-order valence-corrected chi connectivity index (χ0v) is 19.0. The topological polar surface area (TPSA) is 105 Å². The molecule has 0 radical (unpaired) electrons. The second kappa shape index (κ2) is 9.49. The maximum atomic E-state index is 12.7. The Kier molecular flexibility index (Phi) is 6.26. The summed E-state index contributed by atoms with van der Waals surface area (Å²) in [5.74, 6) is -1.37. The fourth-order valence-corrected chi connectivity index (χ4v) is 5.52. The van der Waals surface area contributed by atoms with Crippen LogP contribution in [-0.2, 0) is 14.3 Å². The molecule has 2 saturated carbocycles. The molecule has 2 aromatic rings. The van der Waals surface area contributed by atoms with E-state index in [4.69, 9.17) is 4.74 Å². The van der Waals surface area contributed by atoms with Crippen LogP contribution < -0.4 is 10.6 Å². The van der Waals surface area contributed by atoms with Crippen molar-refractivity contribution in [2.75, 3.05) is 6.61 Å². The molecule has 2 aromatic carbocycles. The Labute approximate surface area is 198 Å². The number of carboxylic acid groups (broad SMARTS) is 1. The third-order valence-electron chi connectivity index (χ3n) is 7.42. The lowest BCUT2D eigenvalue weighted by Crippen LogP contribution is -2.45. The quantitative estimate of drug-likeness (QED) is 0.549. The monoisotopic (exact) mass is 462 g/mol. The third-order valence-corrected chi connectivity index (χ3v) is 7.42. The molecule has 178 valence electrons. The molecule has 34 heavy (non-hydrogen) atoms. The van der Waals surface area contributed by atoms with Crippen molar-refractivity contribution in [1.82, 2.24) is 10.6 Å². The van der Waals surface area contributed by atoms with Gasteiger partial charge in [0, 0.05) is 24.4 Å². The second-order valence-electron chi connectivity index (χ2n) is 9.67. The average molecular weight is 463 g/mol. The maximum Gasteiger partial charge on any atom is 0.407 e. The third kappa shape index (κ3) is 4.65. The smallest absolute Gasteiger partial charge is 0.407 e. The Hall–Kier alpha value is -3.35. The Bertz CT molecular complexity index is 1050. The number of ether oxygens (including phenoxy) is 1. The highest BCUT2D eigenvalue weighted by Gasteiger charge is 2.37. The van der Waals surface area contributed by atoms with E-state index in [0.29, 0.717) is 12.8 Å². The zero-order chi connectivity index (χ0) is 23.7. The van der Waals surface area contributed by atoms with E-state index in [2.05, 4.69) is 34.9 Å². The van der Waals surface area contributed by atoms with Crippen LogP contribution in [0, 0.1) is 11.8 Å². The van der Waals surface area contributed by atoms with E-state index in [0.717, 1.165) is 30.4 Å². The Morgan fingerprint density at radius 3 is 2.21 bits per heavy atom. The van der Waals surface area contributed by atoms with Gasteiger partial charge < -0.3 is 20.5 Å². The van der Waals surface area contributed by atoms with Gasteiger partial charge in [0.25, 0.3) is 0 Å². The minimum atomic E-state index is -0.863. The Morgan fingerprint density at radius 1 is 0.941 bits per heavy atom. The fourth-order valence-electron chi connectivity index (χ4n) is 5.52. The Balaban J connectivity index is 1.18. The van der Waals surface area contributed by atoms with Gasteiger partial charge in [0.05, 0.1) is 5.92 Å². The minimum Gasteiger partial charge on any atom is -0.481 e. The first-order valence-corrected chi connectivity index (χ1v) is 12.1. The lowest BCUT2D eigenvalue weighted by molar-refractivity contribution is -0.142. The van der Waals surface area contributed by atoms with Gasteiger partial charge in [-0.2, -0.15) is 0 Å². The first-order valence-electron chi connectivity index (χ1n) is 12.1. The van der Waals surface area contributed by atoms with Crippen molar-refractivity contribution in [3.05, 3.63) is 59.7 Å². The van der Waals surface area contributed by atoms with Gasteiger partial charge in [0.2, 0.25) is 5.91 Å². The molecule has 0 aromatic heterocycles. The molecule has 7 nitrogen and oxygen atoms in total. The minimum absolute atomic E-state index is 0.0175. The van der Waals surface area contributed by atoms with Gasteiger partial charge in [0.15, 0.2) is 0 Å². The second-order valence-corrected chi connectivity index (χ2v) is 9.67. The predicted octanol–water partition coefficient (Wildman–Crippen LogP) is 4.06. The largest absolute Gasteiger partial charge is 0.481 e. The van der Waals surface area contributed by atoms with Crippen molar-refractivity contribution in [2.45, 2.75) is 56.5 Å². The number of carboxylic acids is 1. The molecular weight excluding hydrogens is 432 g/mol. The van der Waals surface area contributed by atoms with Gasteiger partial charge in [-0.15, -0.1) is 0 Å². The van der Waals surface area contributed by atoms with Crippen molar-refractivity contribution in [1.29, 1.82) is 0 Å². The fraction of sp³-hybridized carbons (Fsp3) is 0.444. The van der Waals surface area contributed by atoms with Crippen molar-refractivity contribution in [2.24, 2.45) is 11.8 Å². The summed E-state index contributed by atoms with van der Waals surface area (Å²) in [7, 11) is 0. The summed E-state index contributed by atoms with van der Waals surface area (Å²) >= 11 is 0. The van der Waals surface area contributed by atoms with Gasteiger partial charge in [-0.3, -0.25) is 9.59 Å². The predicted molar refractivity (Wildman–Crippen MR) is 126 cm³/mol. The number of amides is 2. The normalized spacial score (nSPS) is 21.9. The highest BCUT2D eigenvalue weighted by Crippen LogP contribution is 2.44. The number of benzene rings is 2. The SMILES string of the molecule is O=C(CC(NC(=O)OCC1c2ccccc2-c2ccccc21)C1CC1)NC1CCCC1C(=O)O. The number of hydrogen-bond donors (Lipinski definition) is 3. The van der Waals surface area contributed by atoms with E-state index in [1.165, 1.54) is 11.1 Å². The molecule has 2 fully saturated rings. The molecule has 5 rings (SSSR count). The van der Waals surface area contributed by atoms with Crippen LogP contribution in [0.1, 0.15) is 55.6 Å². The van der Waals surface area contributed by atoms with Crippen LogP contribution in [0.3, 0.4) is 0 Å². The lowest BCUT2D eigenvalue weighted by Gasteiger charge is -2.22. The first-order chi connectivity index (χ1) is 16.5. The van der Waals surface area contributed by atoms with Crippen LogP contribution in [0.5, 0.6) is 0 Å². The van der Waals surface area contributed by atoms with Crippen molar-refractivity contribution < 1.29 is 24.2 Å². The molecule has 3 atom stereocenters. The van der Waals surface area contributed by atoms with E-state index in [-0.39, 0.29) is 42.9 Å². The number of fused-ring (bicyclic) bond motifs is 3. The van der Waals surface area contributed by atoms with E-state index < -0.39 is 18.0 Å². The molecule has 7 heteroatoms. The maximum absolute atomic E-state index is 12.7. The summed E-state index contributed by atoms with van der Waals surface area (Å²) in [6.07, 6.45) is 3.60. The number of hydrogen-bond acceptors (Lipinski definition) is 4. The van der Waals surface area contributed by atoms with E-state index >= 15 is 0 Å². The summed E-state index contributed by atoms with van der Waals surface area (Å²) < 4.78 is 5.65. The Morgan fingerprint density at radius 2 is 1.59 bits per heavy atom. The first kappa shape index (κ1) is 22.4. The number of carbonyl (C=O) groups excluding carboxylic acids is 2. The molecule has 3 aliphatic rings. The molecule has 3 unspecified atom stereocenters. The summed E-state index contributed by atoms with van der Waals surface area (Å²) in [6, 6.07) is 15.7. The van der Waals surface area contributed by atoms with E-state index in [1.54, 1.807) is 0 Å². The number of aliphatic carboxylic acids is 1. The van der Waals surface area contributed by atoms with Crippen molar-refractivity contribution >= 4 is 18.0 Å². The van der Waals surface area contributed by atoms with Crippen LogP contribution in [0.4, 0.5) is 4.79 Å². The molecule has 2 amide bonds. The zero-order valence-electron chi connectivity index (χ0n) is 19.0.